The van der Waals surface area contributed by atoms with E-state index in [4.69, 9.17) is 4.74 Å². The Morgan fingerprint density at radius 1 is 1.40 bits per heavy atom. The summed E-state index contributed by atoms with van der Waals surface area (Å²) in [7, 11) is 0. The lowest BCUT2D eigenvalue weighted by atomic mass is 9.78. The highest BCUT2D eigenvalue weighted by molar-refractivity contribution is 5.73. The molecular formula is C12H24O3. The highest BCUT2D eigenvalue weighted by Crippen LogP contribution is 2.30. The van der Waals surface area contributed by atoms with Crippen LogP contribution in [0.3, 0.4) is 0 Å². The van der Waals surface area contributed by atoms with Gasteiger partial charge in [0.15, 0.2) is 0 Å². The summed E-state index contributed by atoms with van der Waals surface area (Å²) in [4.78, 5) is 11.7. The molecular weight excluding hydrogens is 192 g/mol. The van der Waals surface area contributed by atoms with Gasteiger partial charge in [-0.15, -0.1) is 0 Å². The van der Waals surface area contributed by atoms with Crippen LogP contribution in [0.2, 0.25) is 0 Å². The minimum absolute atomic E-state index is 0.0402. The van der Waals surface area contributed by atoms with Crippen LogP contribution in [-0.2, 0) is 9.53 Å². The molecule has 3 nitrogen and oxygen atoms in total. The van der Waals surface area contributed by atoms with Gasteiger partial charge in [0.05, 0.1) is 18.1 Å². The van der Waals surface area contributed by atoms with Crippen molar-refractivity contribution in [2.24, 2.45) is 11.8 Å². The molecule has 0 rings (SSSR count). The smallest absolute Gasteiger partial charge is 0.311 e. The number of esters is 1. The third-order valence-electron chi connectivity index (χ3n) is 3.02. The van der Waals surface area contributed by atoms with Crippen LogP contribution in [0.4, 0.5) is 0 Å². The molecule has 0 heterocycles. The molecule has 3 heteroatoms. The van der Waals surface area contributed by atoms with Gasteiger partial charge in [0.25, 0.3) is 0 Å². The van der Waals surface area contributed by atoms with Gasteiger partial charge in [0, 0.05) is 0 Å². The van der Waals surface area contributed by atoms with E-state index in [2.05, 4.69) is 0 Å². The molecule has 2 unspecified atom stereocenters. The van der Waals surface area contributed by atoms with Gasteiger partial charge in [-0.3, -0.25) is 4.79 Å². The number of hydrogen-bond acceptors (Lipinski definition) is 3. The van der Waals surface area contributed by atoms with Crippen molar-refractivity contribution >= 4 is 5.97 Å². The Morgan fingerprint density at radius 2 is 1.93 bits per heavy atom. The normalized spacial score (nSPS) is 17.3. The highest BCUT2D eigenvalue weighted by atomic mass is 16.5. The maximum atomic E-state index is 11.7. The summed E-state index contributed by atoms with van der Waals surface area (Å²) in [5, 5.41) is 10.3. The highest BCUT2D eigenvalue weighted by Gasteiger charge is 2.40. The van der Waals surface area contributed by atoms with Crippen molar-refractivity contribution in [3.05, 3.63) is 0 Å². The minimum atomic E-state index is -0.984. The van der Waals surface area contributed by atoms with Crippen molar-refractivity contribution < 1.29 is 14.6 Å². The summed E-state index contributed by atoms with van der Waals surface area (Å²) in [6.45, 7) is 9.71. The quantitative estimate of drug-likeness (QED) is 0.693. The van der Waals surface area contributed by atoms with Gasteiger partial charge >= 0.3 is 5.97 Å². The van der Waals surface area contributed by atoms with Crippen LogP contribution in [0, 0.1) is 11.8 Å². The molecule has 0 saturated heterocycles. The first-order valence-electron chi connectivity index (χ1n) is 5.76. The Morgan fingerprint density at radius 3 is 2.27 bits per heavy atom. The SMILES string of the molecule is CCCC(C(=O)OCC)C(C)(O)C(C)C. The zero-order valence-electron chi connectivity index (χ0n) is 10.5. The number of carbonyl (C=O) groups excluding carboxylic acids is 1. The molecule has 0 aromatic carbocycles. The molecule has 0 radical (unpaired) electrons. The van der Waals surface area contributed by atoms with E-state index in [0.29, 0.717) is 13.0 Å². The van der Waals surface area contributed by atoms with Crippen LogP contribution < -0.4 is 0 Å². The first-order valence-corrected chi connectivity index (χ1v) is 5.76. The minimum Gasteiger partial charge on any atom is -0.466 e. The Hall–Kier alpha value is -0.570. The lowest BCUT2D eigenvalue weighted by Gasteiger charge is -2.34. The van der Waals surface area contributed by atoms with Crippen LogP contribution in [0.5, 0.6) is 0 Å². The average Bonchev–Trinajstić information content (AvgIpc) is 2.13. The fraction of sp³-hybridized carbons (Fsp3) is 0.917. The van der Waals surface area contributed by atoms with Gasteiger partial charge in [0.2, 0.25) is 0 Å². The lowest BCUT2D eigenvalue weighted by Crippen LogP contribution is -2.44. The van der Waals surface area contributed by atoms with Crippen LogP contribution in [0.15, 0.2) is 0 Å². The fourth-order valence-corrected chi connectivity index (χ4v) is 1.58. The summed E-state index contributed by atoms with van der Waals surface area (Å²) in [6.07, 6.45) is 1.54. The van der Waals surface area contributed by atoms with Crippen LogP contribution >= 0.6 is 0 Å². The predicted octanol–water partition coefficient (Wildman–Crippen LogP) is 2.37. The van der Waals surface area contributed by atoms with Gasteiger partial charge in [-0.2, -0.15) is 0 Å². The van der Waals surface area contributed by atoms with E-state index in [1.807, 2.05) is 20.8 Å². The number of hydrogen-bond donors (Lipinski definition) is 1. The second-order valence-electron chi connectivity index (χ2n) is 4.47. The van der Waals surface area contributed by atoms with E-state index < -0.39 is 11.5 Å². The van der Waals surface area contributed by atoms with Crippen molar-refractivity contribution in [2.75, 3.05) is 6.61 Å². The van der Waals surface area contributed by atoms with Crippen LogP contribution in [-0.4, -0.2) is 23.3 Å². The van der Waals surface area contributed by atoms with E-state index in [0.717, 1.165) is 6.42 Å². The zero-order chi connectivity index (χ0) is 12.1. The molecule has 1 N–H and O–H groups in total. The van der Waals surface area contributed by atoms with Gasteiger partial charge in [-0.25, -0.2) is 0 Å². The van der Waals surface area contributed by atoms with E-state index in [9.17, 15) is 9.90 Å². The second kappa shape index (κ2) is 6.11. The van der Waals surface area contributed by atoms with Crippen molar-refractivity contribution in [1.29, 1.82) is 0 Å². The number of rotatable bonds is 6. The van der Waals surface area contributed by atoms with Gasteiger partial charge < -0.3 is 9.84 Å². The largest absolute Gasteiger partial charge is 0.466 e. The second-order valence-corrected chi connectivity index (χ2v) is 4.47. The molecule has 2 atom stereocenters. The van der Waals surface area contributed by atoms with Crippen LogP contribution in [0.25, 0.3) is 0 Å². The van der Waals surface area contributed by atoms with Gasteiger partial charge in [-0.05, 0) is 26.2 Å². The van der Waals surface area contributed by atoms with Crippen molar-refractivity contribution in [3.8, 4) is 0 Å². The molecule has 0 aliphatic heterocycles. The van der Waals surface area contributed by atoms with Crippen LogP contribution in [0.1, 0.15) is 47.5 Å². The van der Waals surface area contributed by atoms with E-state index in [-0.39, 0.29) is 11.9 Å². The summed E-state index contributed by atoms with van der Waals surface area (Å²) in [6, 6.07) is 0. The maximum Gasteiger partial charge on any atom is 0.311 e. The Balaban J connectivity index is 4.71. The fourth-order valence-electron chi connectivity index (χ4n) is 1.58. The average molecular weight is 216 g/mol. The molecule has 0 aromatic rings. The summed E-state index contributed by atoms with van der Waals surface area (Å²) >= 11 is 0. The molecule has 90 valence electrons. The summed E-state index contributed by atoms with van der Waals surface area (Å²) in [5.41, 5.74) is -0.984. The Bertz CT molecular complexity index is 197. The van der Waals surface area contributed by atoms with E-state index in [1.54, 1.807) is 13.8 Å². The Kier molecular flexibility index (Phi) is 5.88. The monoisotopic (exact) mass is 216 g/mol. The topological polar surface area (TPSA) is 46.5 Å². The first-order chi connectivity index (χ1) is 6.87. The van der Waals surface area contributed by atoms with Gasteiger partial charge in [-0.1, -0.05) is 27.2 Å². The first kappa shape index (κ1) is 14.4. The molecule has 0 amide bonds. The number of aliphatic hydroxyl groups is 1. The van der Waals surface area contributed by atoms with Crippen molar-refractivity contribution in [2.45, 2.75) is 53.1 Å². The molecule has 0 spiro atoms. The van der Waals surface area contributed by atoms with E-state index >= 15 is 0 Å². The van der Waals surface area contributed by atoms with Crippen molar-refractivity contribution in [1.82, 2.24) is 0 Å². The van der Waals surface area contributed by atoms with E-state index in [1.165, 1.54) is 0 Å². The molecule has 0 fully saturated rings. The standard InChI is InChI=1S/C12H24O3/c1-6-8-10(11(13)15-7-2)12(5,14)9(3)4/h9-10,14H,6-8H2,1-5H3. The molecule has 0 aromatic heterocycles. The summed E-state index contributed by atoms with van der Waals surface area (Å²) < 4.78 is 4.99. The molecule has 0 saturated carbocycles. The third-order valence-corrected chi connectivity index (χ3v) is 3.02. The Labute approximate surface area is 92.8 Å². The summed E-state index contributed by atoms with van der Waals surface area (Å²) in [5.74, 6) is -0.654. The molecule has 15 heavy (non-hydrogen) atoms. The lowest BCUT2D eigenvalue weighted by molar-refractivity contribution is -0.161. The molecule has 0 bridgehead atoms. The predicted molar refractivity (Wildman–Crippen MR) is 60.5 cm³/mol. The maximum absolute atomic E-state index is 11.7. The third kappa shape index (κ3) is 3.82. The van der Waals surface area contributed by atoms with Gasteiger partial charge in [0.1, 0.15) is 0 Å². The van der Waals surface area contributed by atoms with Crippen molar-refractivity contribution in [3.63, 3.8) is 0 Å². The molecule has 0 aliphatic carbocycles. The number of ether oxygens (including phenoxy) is 1. The number of carbonyl (C=O) groups is 1. The zero-order valence-corrected chi connectivity index (χ0v) is 10.5. The molecule has 0 aliphatic rings.